The summed E-state index contributed by atoms with van der Waals surface area (Å²) in [4.78, 5) is 4.08. The number of nitrogens with one attached hydrogen (secondary N) is 1. The monoisotopic (exact) mass is 330 g/mol. The summed E-state index contributed by atoms with van der Waals surface area (Å²) in [7, 11) is 1.87. The second kappa shape index (κ2) is 7.32. The molecule has 2 aromatic heterocycles. The summed E-state index contributed by atoms with van der Waals surface area (Å²) in [6.07, 6.45) is 8.61. The van der Waals surface area contributed by atoms with E-state index in [4.69, 9.17) is 4.74 Å². The first-order valence-electron chi connectivity index (χ1n) is 8.61. The van der Waals surface area contributed by atoms with E-state index in [1.807, 2.05) is 26.1 Å². The van der Waals surface area contributed by atoms with Crippen molar-refractivity contribution in [3.8, 4) is 11.6 Å². The van der Waals surface area contributed by atoms with Crippen LogP contribution in [-0.4, -0.2) is 32.0 Å². The number of pyridine rings is 1. The van der Waals surface area contributed by atoms with E-state index in [2.05, 4.69) is 15.4 Å². The second-order valence-corrected chi connectivity index (χ2v) is 6.67. The Morgan fingerprint density at radius 3 is 2.83 bits per heavy atom. The number of nitrogens with zero attached hydrogens (tertiary/aromatic N) is 3. The Hall–Kier alpha value is -1.92. The van der Waals surface area contributed by atoms with Crippen molar-refractivity contribution in [1.29, 1.82) is 0 Å². The summed E-state index contributed by atoms with van der Waals surface area (Å²) in [5, 5.41) is 18.5. The maximum absolute atomic E-state index is 10.6. The van der Waals surface area contributed by atoms with Crippen LogP contribution in [0.3, 0.4) is 0 Å². The van der Waals surface area contributed by atoms with Crippen molar-refractivity contribution in [3.63, 3.8) is 0 Å². The highest BCUT2D eigenvalue weighted by Gasteiger charge is 2.28. The first kappa shape index (κ1) is 16.9. The normalized spacial score (nSPS) is 17.0. The van der Waals surface area contributed by atoms with Crippen LogP contribution >= 0.6 is 0 Å². The molecule has 0 bridgehead atoms. The molecule has 0 spiro atoms. The van der Waals surface area contributed by atoms with Gasteiger partial charge in [-0.05, 0) is 31.9 Å². The molecule has 0 amide bonds. The molecule has 3 rings (SSSR count). The van der Waals surface area contributed by atoms with Crippen LogP contribution in [0, 0.1) is 6.92 Å². The summed E-state index contributed by atoms with van der Waals surface area (Å²) in [5.74, 6) is 1.40. The van der Waals surface area contributed by atoms with Gasteiger partial charge in [0.1, 0.15) is 5.75 Å². The fourth-order valence-electron chi connectivity index (χ4n) is 3.34. The van der Waals surface area contributed by atoms with Gasteiger partial charge in [-0.2, -0.15) is 5.10 Å². The molecule has 2 N–H and O–H groups in total. The highest BCUT2D eigenvalue weighted by Crippen LogP contribution is 2.29. The van der Waals surface area contributed by atoms with Crippen LogP contribution in [0.15, 0.2) is 24.5 Å². The number of ether oxygens (including phenoxy) is 1. The molecule has 0 unspecified atom stereocenters. The van der Waals surface area contributed by atoms with Crippen LogP contribution in [0.25, 0.3) is 0 Å². The van der Waals surface area contributed by atoms with Crippen LogP contribution in [0.2, 0.25) is 0 Å². The average molecular weight is 330 g/mol. The van der Waals surface area contributed by atoms with Gasteiger partial charge in [0.15, 0.2) is 0 Å². The lowest BCUT2D eigenvalue weighted by atomic mass is 9.85. The van der Waals surface area contributed by atoms with Crippen molar-refractivity contribution in [2.75, 3.05) is 6.54 Å². The van der Waals surface area contributed by atoms with Crippen molar-refractivity contribution in [1.82, 2.24) is 20.1 Å². The Kier molecular flexibility index (Phi) is 5.16. The quantitative estimate of drug-likeness (QED) is 0.852. The predicted molar refractivity (Wildman–Crippen MR) is 92.0 cm³/mol. The number of rotatable bonds is 6. The van der Waals surface area contributed by atoms with Gasteiger partial charge in [0, 0.05) is 26.3 Å². The van der Waals surface area contributed by atoms with Crippen LogP contribution in [-0.2, 0) is 13.6 Å². The van der Waals surface area contributed by atoms with Gasteiger partial charge < -0.3 is 15.2 Å². The lowest BCUT2D eigenvalue weighted by molar-refractivity contribution is 0.00463. The Bertz CT molecular complexity index is 663. The fraction of sp³-hybridized carbons (Fsp3) is 0.556. The van der Waals surface area contributed by atoms with Crippen LogP contribution in [0.5, 0.6) is 11.6 Å². The molecule has 1 aliphatic rings. The zero-order valence-corrected chi connectivity index (χ0v) is 14.5. The summed E-state index contributed by atoms with van der Waals surface area (Å²) < 4.78 is 7.71. The SMILES string of the molecule is Cc1nn(C)c(Oc2cccnc2)c1CNCC1(O)CCCCC1. The minimum Gasteiger partial charge on any atom is -0.437 e. The molecule has 0 saturated heterocycles. The average Bonchev–Trinajstić information content (AvgIpc) is 2.83. The Morgan fingerprint density at radius 1 is 1.33 bits per heavy atom. The lowest BCUT2D eigenvalue weighted by Crippen LogP contribution is -2.41. The Morgan fingerprint density at radius 2 is 2.12 bits per heavy atom. The molecule has 0 aromatic carbocycles. The Balaban J connectivity index is 1.66. The molecule has 1 fully saturated rings. The third-order valence-electron chi connectivity index (χ3n) is 4.68. The van der Waals surface area contributed by atoms with Crippen LogP contribution in [0.4, 0.5) is 0 Å². The molecule has 24 heavy (non-hydrogen) atoms. The number of hydrogen-bond acceptors (Lipinski definition) is 5. The van der Waals surface area contributed by atoms with Gasteiger partial charge in [0.25, 0.3) is 0 Å². The summed E-state index contributed by atoms with van der Waals surface area (Å²) in [6.45, 7) is 3.20. The van der Waals surface area contributed by atoms with E-state index in [1.165, 1.54) is 6.42 Å². The molecule has 0 aliphatic heterocycles. The number of aryl methyl sites for hydroxylation is 2. The second-order valence-electron chi connectivity index (χ2n) is 6.67. The first-order valence-corrected chi connectivity index (χ1v) is 8.61. The van der Waals surface area contributed by atoms with Gasteiger partial charge in [-0.25, -0.2) is 4.68 Å². The van der Waals surface area contributed by atoms with Gasteiger partial charge in [-0.3, -0.25) is 4.98 Å². The highest BCUT2D eigenvalue weighted by atomic mass is 16.5. The Labute approximate surface area is 142 Å². The van der Waals surface area contributed by atoms with E-state index in [0.29, 0.717) is 24.7 Å². The number of aromatic nitrogens is 3. The van der Waals surface area contributed by atoms with Crippen molar-refractivity contribution < 1.29 is 9.84 Å². The molecular weight excluding hydrogens is 304 g/mol. The fourth-order valence-corrected chi connectivity index (χ4v) is 3.34. The minimum absolute atomic E-state index is 0.571. The molecular formula is C18H26N4O2. The van der Waals surface area contributed by atoms with E-state index in [9.17, 15) is 5.11 Å². The maximum atomic E-state index is 10.6. The smallest absolute Gasteiger partial charge is 0.222 e. The van der Waals surface area contributed by atoms with Crippen LogP contribution in [0.1, 0.15) is 43.4 Å². The molecule has 6 nitrogen and oxygen atoms in total. The predicted octanol–water partition coefficient (Wildman–Crippen LogP) is 2.70. The molecule has 1 aliphatic carbocycles. The largest absolute Gasteiger partial charge is 0.437 e. The zero-order valence-electron chi connectivity index (χ0n) is 14.5. The molecule has 6 heteroatoms. The molecule has 2 heterocycles. The standard InChI is InChI=1S/C18H26N4O2/c1-14-16(12-20-13-18(23)8-4-3-5-9-18)17(22(2)21-14)24-15-7-6-10-19-11-15/h6-7,10-11,20,23H,3-5,8-9,12-13H2,1-2H3. The topological polar surface area (TPSA) is 72.2 Å². The van der Waals surface area contributed by atoms with E-state index in [1.54, 1.807) is 17.1 Å². The van der Waals surface area contributed by atoms with Gasteiger partial charge in [-0.1, -0.05) is 19.3 Å². The summed E-state index contributed by atoms with van der Waals surface area (Å²) in [6, 6.07) is 3.71. The van der Waals surface area contributed by atoms with Crippen LogP contribution < -0.4 is 10.1 Å². The molecule has 1 saturated carbocycles. The van der Waals surface area contributed by atoms with Crippen molar-refractivity contribution in [2.24, 2.45) is 7.05 Å². The number of aliphatic hydroxyl groups is 1. The van der Waals surface area contributed by atoms with Gasteiger partial charge in [0.05, 0.1) is 23.1 Å². The van der Waals surface area contributed by atoms with Gasteiger partial charge >= 0.3 is 0 Å². The number of hydrogen-bond donors (Lipinski definition) is 2. The molecule has 0 radical (unpaired) electrons. The van der Waals surface area contributed by atoms with Crippen molar-refractivity contribution >= 4 is 0 Å². The van der Waals surface area contributed by atoms with Crippen molar-refractivity contribution in [2.45, 2.75) is 51.2 Å². The van der Waals surface area contributed by atoms with E-state index < -0.39 is 5.60 Å². The minimum atomic E-state index is -0.571. The third kappa shape index (κ3) is 3.94. The van der Waals surface area contributed by atoms with Gasteiger partial charge in [-0.15, -0.1) is 0 Å². The zero-order chi connectivity index (χ0) is 17.0. The van der Waals surface area contributed by atoms with E-state index in [-0.39, 0.29) is 0 Å². The highest BCUT2D eigenvalue weighted by molar-refractivity contribution is 5.34. The lowest BCUT2D eigenvalue weighted by Gasteiger charge is -2.32. The summed E-state index contributed by atoms with van der Waals surface area (Å²) >= 11 is 0. The summed E-state index contributed by atoms with van der Waals surface area (Å²) in [5.41, 5.74) is 1.37. The van der Waals surface area contributed by atoms with E-state index in [0.717, 1.165) is 36.9 Å². The molecule has 2 aromatic rings. The molecule has 130 valence electrons. The van der Waals surface area contributed by atoms with Gasteiger partial charge in [0.2, 0.25) is 5.88 Å². The first-order chi connectivity index (χ1) is 11.6. The van der Waals surface area contributed by atoms with Crippen molar-refractivity contribution in [3.05, 3.63) is 35.8 Å². The maximum Gasteiger partial charge on any atom is 0.222 e. The van der Waals surface area contributed by atoms with E-state index >= 15 is 0 Å². The molecule has 0 atom stereocenters. The third-order valence-corrected chi connectivity index (χ3v) is 4.68.